The fourth-order valence-electron chi connectivity index (χ4n) is 6.25. The van der Waals surface area contributed by atoms with E-state index in [4.69, 9.17) is 9.15 Å². The molecule has 8 aromatic rings. The van der Waals surface area contributed by atoms with Crippen molar-refractivity contribution in [3.8, 4) is 55.4 Å². The smallest absolute Gasteiger partial charge is 0.290 e. The molecule has 8 heteroatoms. The maximum Gasteiger partial charge on any atom is 0.290 e. The van der Waals surface area contributed by atoms with Crippen LogP contribution in [0.15, 0.2) is 124 Å². The molecule has 2 aliphatic rings. The van der Waals surface area contributed by atoms with Gasteiger partial charge in [-0.25, -0.2) is 0 Å². The second-order valence-corrected chi connectivity index (χ2v) is 17.4. The minimum atomic E-state index is -0.0553. The standard InChI is InChI=1S/C38H22O2S6/c1-3-29(41-17-1)31-13-15-35(45-31)33-11-9-27(43-33)21-5-7-23-25(19-21)39-38-37(23)24-8-6-22(20-26(24)40-38)28-10-12-34(44-28)36-16-14-32(46-36)30-4-2-18-42-30/h1-20,23,25H. The van der Waals surface area contributed by atoms with Gasteiger partial charge in [-0.15, -0.1) is 68.0 Å². The van der Waals surface area contributed by atoms with Crippen molar-refractivity contribution in [1.82, 2.24) is 0 Å². The summed E-state index contributed by atoms with van der Waals surface area (Å²) in [5, 5.41) is 5.41. The van der Waals surface area contributed by atoms with E-state index in [0.717, 1.165) is 16.5 Å². The van der Waals surface area contributed by atoms with E-state index in [1.165, 1.54) is 59.9 Å². The fraction of sp³-hybridized carbons (Fsp3) is 0.0526. The van der Waals surface area contributed by atoms with Crippen LogP contribution in [0, 0.1) is 0 Å². The summed E-state index contributed by atoms with van der Waals surface area (Å²) in [6, 6.07) is 33.1. The summed E-state index contributed by atoms with van der Waals surface area (Å²) in [6.45, 7) is 0. The minimum Gasteiger partial charge on any atom is -0.456 e. The Kier molecular flexibility index (Phi) is 6.49. The van der Waals surface area contributed by atoms with Crippen molar-refractivity contribution in [2.75, 3.05) is 0 Å². The number of hydrogen-bond donors (Lipinski definition) is 0. The molecule has 1 aliphatic heterocycles. The maximum atomic E-state index is 6.44. The summed E-state index contributed by atoms with van der Waals surface area (Å²) in [5.74, 6) is 0.808. The number of hydrogen-bond acceptors (Lipinski definition) is 8. The minimum absolute atomic E-state index is 0.0553. The Morgan fingerprint density at radius 1 is 0.543 bits per heavy atom. The van der Waals surface area contributed by atoms with Crippen molar-refractivity contribution in [2.45, 2.75) is 12.0 Å². The highest BCUT2D eigenvalue weighted by molar-refractivity contribution is 7.27. The lowest BCUT2D eigenvalue weighted by Gasteiger charge is -2.18. The van der Waals surface area contributed by atoms with Gasteiger partial charge in [0.25, 0.3) is 5.95 Å². The average Bonchev–Trinajstić information content (AvgIpc) is 3.93. The molecular formula is C38H22O2S6. The summed E-state index contributed by atoms with van der Waals surface area (Å²) < 4.78 is 12.8. The number of ether oxygens (including phenoxy) is 1. The number of benzene rings is 1. The number of allylic oxidation sites excluding steroid dienone is 2. The Balaban J connectivity index is 0.885. The molecule has 2 nitrogen and oxygen atoms in total. The van der Waals surface area contributed by atoms with Gasteiger partial charge in [-0.2, -0.15) is 0 Å². The van der Waals surface area contributed by atoms with Gasteiger partial charge in [0.05, 0.1) is 11.5 Å². The first-order valence-corrected chi connectivity index (χ1v) is 19.9. The lowest BCUT2D eigenvalue weighted by molar-refractivity contribution is 0.219. The number of fused-ring (bicyclic) bond motifs is 5. The molecule has 222 valence electrons. The number of rotatable bonds is 6. The van der Waals surface area contributed by atoms with Crippen molar-refractivity contribution < 1.29 is 9.15 Å². The highest BCUT2D eigenvalue weighted by atomic mass is 32.1. The van der Waals surface area contributed by atoms with Crippen LogP contribution in [0.25, 0.3) is 66.0 Å². The van der Waals surface area contributed by atoms with E-state index < -0.39 is 0 Å². The van der Waals surface area contributed by atoms with E-state index in [0.29, 0.717) is 5.95 Å². The molecule has 0 amide bonds. The highest BCUT2D eigenvalue weighted by Gasteiger charge is 2.38. The fourth-order valence-corrected chi connectivity index (χ4v) is 12.1. The first-order valence-electron chi connectivity index (χ1n) is 14.9. The third-order valence-electron chi connectivity index (χ3n) is 8.46. The van der Waals surface area contributed by atoms with Crippen LogP contribution in [0.1, 0.15) is 16.4 Å². The maximum absolute atomic E-state index is 6.44. The molecule has 0 spiro atoms. The van der Waals surface area contributed by atoms with E-state index in [-0.39, 0.29) is 12.0 Å². The molecular weight excluding hydrogens is 681 g/mol. The van der Waals surface area contributed by atoms with Crippen molar-refractivity contribution in [2.24, 2.45) is 0 Å². The zero-order chi connectivity index (χ0) is 30.2. The van der Waals surface area contributed by atoms with Crippen LogP contribution in [0.5, 0.6) is 5.95 Å². The second-order valence-electron chi connectivity index (χ2n) is 11.2. The van der Waals surface area contributed by atoms with E-state index in [1.54, 1.807) is 22.7 Å². The number of thiophene rings is 6. The zero-order valence-electron chi connectivity index (χ0n) is 24.0. The van der Waals surface area contributed by atoms with E-state index >= 15 is 0 Å². The predicted octanol–water partition coefficient (Wildman–Crippen LogP) is 13.6. The van der Waals surface area contributed by atoms with Gasteiger partial charge < -0.3 is 9.15 Å². The highest BCUT2D eigenvalue weighted by Crippen LogP contribution is 2.50. The molecule has 7 aromatic heterocycles. The Hall–Kier alpha value is -3.76. The topological polar surface area (TPSA) is 22.4 Å². The van der Waals surface area contributed by atoms with Crippen LogP contribution in [-0.2, 0) is 0 Å². The summed E-state index contributed by atoms with van der Waals surface area (Å²) in [4.78, 5) is 13.0. The largest absolute Gasteiger partial charge is 0.456 e. The summed E-state index contributed by atoms with van der Waals surface area (Å²) in [6.07, 6.45) is 6.77. The van der Waals surface area contributed by atoms with Gasteiger partial charge in [0.2, 0.25) is 0 Å². The quantitative estimate of drug-likeness (QED) is 0.172. The van der Waals surface area contributed by atoms with Crippen LogP contribution in [0.3, 0.4) is 0 Å². The van der Waals surface area contributed by atoms with Crippen LogP contribution in [0.2, 0.25) is 0 Å². The second kappa shape index (κ2) is 10.9. The van der Waals surface area contributed by atoms with Crippen LogP contribution >= 0.6 is 68.0 Å². The van der Waals surface area contributed by atoms with Gasteiger partial charge in [0.1, 0.15) is 11.7 Å². The third-order valence-corrected chi connectivity index (χ3v) is 15.4. The molecule has 2 atom stereocenters. The van der Waals surface area contributed by atoms with Gasteiger partial charge in [-0.1, -0.05) is 36.4 Å². The zero-order valence-corrected chi connectivity index (χ0v) is 28.9. The Bertz CT molecular complexity index is 2420. The van der Waals surface area contributed by atoms with Crippen molar-refractivity contribution in [3.63, 3.8) is 0 Å². The van der Waals surface area contributed by atoms with Crippen LogP contribution in [-0.4, -0.2) is 6.10 Å². The van der Waals surface area contributed by atoms with Gasteiger partial charge >= 0.3 is 0 Å². The number of furan rings is 1. The van der Waals surface area contributed by atoms with E-state index in [9.17, 15) is 0 Å². The van der Waals surface area contributed by atoms with Gasteiger partial charge in [-0.05, 0) is 94.7 Å². The van der Waals surface area contributed by atoms with Gasteiger partial charge in [0, 0.05) is 54.2 Å². The normalized spacial score (nSPS) is 16.9. The summed E-state index contributed by atoms with van der Waals surface area (Å²) >= 11 is 11.0. The van der Waals surface area contributed by atoms with Crippen LogP contribution in [0.4, 0.5) is 0 Å². The van der Waals surface area contributed by atoms with Gasteiger partial charge in [0.15, 0.2) is 0 Å². The van der Waals surface area contributed by atoms with Crippen LogP contribution < -0.4 is 4.74 Å². The molecule has 0 radical (unpaired) electrons. The van der Waals surface area contributed by atoms with E-state index in [1.807, 2.05) is 45.3 Å². The molecule has 0 saturated carbocycles. The van der Waals surface area contributed by atoms with Crippen molar-refractivity contribution in [1.29, 1.82) is 0 Å². The lowest BCUT2D eigenvalue weighted by Crippen LogP contribution is -2.17. The predicted molar refractivity (Wildman–Crippen MR) is 201 cm³/mol. The first kappa shape index (κ1) is 27.4. The summed E-state index contributed by atoms with van der Waals surface area (Å²) in [7, 11) is 0. The molecule has 0 saturated heterocycles. The van der Waals surface area contributed by atoms with Crippen molar-refractivity contribution >= 4 is 84.6 Å². The molecule has 2 unspecified atom stereocenters. The molecule has 46 heavy (non-hydrogen) atoms. The third kappa shape index (κ3) is 4.59. The Morgan fingerprint density at radius 2 is 1.11 bits per heavy atom. The van der Waals surface area contributed by atoms with Crippen molar-refractivity contribution in [3.05, 3.63) is 130 Å². The monoisotopic (exact) mass is 702 g/mol. The first-order chi connectivity index (χ1) is 22.7. The molecule has 1 aliphatic carbocycles. The van der Waals surface area contributed by atoms with Gasteiger partial charge in [-0.3, -0.25) is 0 Å². The molecule has 1 aromatic carbocycles. The Morgan fingerprint density at radius 3 is 1.74 bits per heavy atom. The molecule has 0 N–H and O–H groups in total. The summed E-state index contributed by atoms with van der Waals surface area (Å²) in [5.41, 5.74) is 4.43. The SMILES string of the molecule is C1=CC2c3c(oc4cc(-c5ccc(-c6ccc(-c7cccs7)s6)s5)ccc34)OC2C=C1c1ccc(-c2ccc(-c3cccs3)s2)s1. The molecule has 10 rings (SSSR count). The Labute approximate surface area is 289 Å². The molecule has 0 bridgehead atoms. The lowest BCUT2D eigenvalue weighted by atomic mass is 9.88. The van der Waals surface area contributed by atoms with E-state index in [2.05, 4.69) is 120 Å². The molecule has 8 heterocycles. The molecule has 0 fully saturated rings. The average molecular weight is 703 g/mol.